The van der Waals surface area contributed by atoms with Crippen molar-refractivity contribution >= 4 is 43.1 Å². The van der Waals surface area contributed by atoms with Gasteiger partial charge in [0.1, 0.15) is 0 Å². The number of hydrogen-bond donors (Lipinski definition) is 0. The zero-order chi connectivity index (χ0) is 41.2. The second-order valence-corrected chi connectivity index (χ2v) is 16.8. The fourth-order valence-electron chi connectivity index (χ4n) is 9.91. The Morgan fingerprint density at radius 3 is 0.935 bits per heavy atom. The Kier molecular flexibility index (Phi) is 9.96. The van der Waals surface area contributed by atoms with Crippen molar-refractivity contribution in [3.8, 4) is 22.3 Å². The van der Waals surface area contributed by atoms with Gasteiger partial charge in [-0.1, -0.05) is 243 Å². The van der Waals surface area contributed by atoms with Crippen molar-refractivity contribution < 1.29 is 0 Å². The van der Waals surface area contributed by atoms with Gasteiger partial charge >= 0.3 is 0 Å². The highest BCUT2D eigenvalue weighted by Crippen LogP contribution is 2.44. The van der Waals surface area contributed by atoms with E-state index in [1.807, 2.05) is 0 Å². The van der Waals surface area contributed by atoms with Crippen LogP contribution in [0.25, 0.3) is 65.3 Å². The third-order valence-corrected chi connectivity index (χ3v) is 13.1. The van der Waals surface area contributed by atoms with Crippen LogP contribution < -0.4 is 0 Å². The summed E-state index contributed by atoms with van der Waals surface area (Å²) < 4.78 is 0. The molecule has 0 aromatic heterocycles. The molecular weight excluding hydrogens is 745 g/mol. The van der Waals surface area contributed by atoms with Gasteiger partial charge < -0.3 is 0 Å². The van der Waals surface area contributed by atoms with Crippen LogP contribution in [0, 0.1) is 0 Å². The lowest BCUT2D eigenvalue weighted by Crippen LogP contribution is -2.05. The van der Waals surface area contributed by atoms with Gasteiger partial charge in [0.25, 0.3) is 0 Å². The maximum Gasteiger partial charge on any atom is 0.0130 e. The Morgan fingerprint density at radius 1 is 0.242 bits per heavy atom. The fourth-order valence-corrected chi connectivity index (χ4v) is 9.91. The van der Waals surface area contributed by atoms with Crippen LogP contribution in [0.2, 0.25) is 0 Å². The summed E-state index contributed by atoms with van der Waals surface area (Å²) in [4.78, 5) is 0. The molecular formula is C62H46. The molecule has 2 unspecified atom stereocenters. The molecule has 62 heavy (non-hydrogen) atoms. The third-order valence-electron chi connectivity index (χ3n) is 13.1. The highest BCUT2D eigenvalue weighted by Gasteiger charge is 2.20. The molecule has 0 N–H and O–H groups in total. The molecule has 0 nitrogen and oxygen atoms in total. The Morgan fingerprint density at radius 2 is 0.565 bits per heavy atom. The highest BCUT2D eigenvalue weighted by molar-refractivity contribution is 6.21. The molecule has 0 radical (unpaired) electrons. The van der Waals surface area contributed by atoms with Crippen molar-refractivity contribution in [2.75, 3.05) is 0 Å². The molecule has 2 atom stereocenters. The number of benzene rings is 11. The lowest BCUT2D eigenvalue weighted by atomic mass is 9.83. The Bertz CT molecular complexity index is 3040. The van der Waals surface area contributed by atoms with Gasteiger partial charge in [-0.25, -0.2) is 0 Å². The molecule has 0 aliphatic heterocycles. The van der Waals surface area contributed by atoms with Gasteiger partial charge in [-0.05, 0) is 112 Å². The molecule has 0 aliphatic rings. The Hall–Kier alpha value is -7.54. The molecule has 0 heteroatoms. The summed E-state index contributed by atoms with van der Waals surface area (Å²) in [6.07, 6.45) is 1.85. The van der Waals surface area contributed by atoms with Crippen molar-refractivity contribution in [1.82, 2.24) is 0 Å². The average Bonchev–Trinajstić information content (AvgIpc) is 3.35. The van der Waals surface area contributed by atoms with Crippen LogP contribution in [0.3, 0.4) is 0 Å². The van der Waals surface area contributed by atoms with Crippen LogP contribution in [0.4, 0.5) is 0 Å². The summed E-state index contributed by atoms with van der Waals surface area (Å²) in [6, 6.07) is 90.0. The Labute approximate surface area is 364 Å². The molecule has 0 spiro atoms. The third kappa shape index (κ3) is 7.25. The molecule has 11 aromatic rings. The van der Waals surface area contributed by atoms with Gasteiger partial charge in [0.2, 0.25) is 0 Å². The number of rotatable bonds is 10. The van der Waals surface area contributed by atoms with Crippen molar-refractivity contribution in [3.05, 3.63) is 276 Å². The summed E-state index contributed by atoms with van der Waals surface area (Å²) in [6.45, 7) is 0. The summed E-state index contributed by atoms with van der Waals surface area (Å²) in [7, 11) is 0. The van der Waals surface area contributed by atoms with Crippen molar-refractivity contribution in [1.29, 1.82) is 0 Å². The van der Waals surface area contributed by atoms with E-state index in [1.54, 1.807) is 0 Å². The topological polar surface area (TPSA) is 0 Å². The van der Waals surface area contributed by atoms with Crippen LogP contribution in [0.5, 0.6) is 0 Å². The summed E-state index contributed by atoms with van der Waals surface area (Å²) in [5, 5.41) is 10.2. The molecule has 0 aliphatic carbocycles. The standard InChI is InChI=1S/C62H46/c1-3-17-47(18-4-1)59(53-37-35-45-15-7-9-21-51(45)41-53)39-43-27-31-49(32-28-43)61-55-23-11-13-25-57(55)62(58-26-14-12-24-56(58)61)50-33-29-44(30-34-50)40-60(48-19-5-2-6-20-48)54-38-36-46-16-8-10-22-52(46)42-54/h1-38,41-42,59-60H,39-40H2. The van der Waals surface area contributed by atoms with E-state index >= 15 is 0 Å². The zero-order valence-electron chi connectivity index (χ0n) is 34.7. The summed E-state index contributed by atoms with van der Waals surface area (Å²) in [5.41, 5.74) is 13.1. The predicted molar refractivity (Wildman–Crippen MR) is 264 cm³/mol. The van der Waals surface area contributed by atoms with Gasteiger partial charge in [0.15, 0.2) is 0 Å². The first-order valence-corrected chi connectivity index (χ1v) is 21.9. The number of fused-ring (bicyclic) bond motifs is 4. The molecule has 0 fully saturated rings. The van der Waals surface area contributed by atoms with Crippen LogP contribution in [0.15, 0.2) is 243 Å². The molecule has 0 saturated heterocycles. The van der Waals surface area contributed by atoms with E-state index in [0.29, 0.717) is 0 Å². The first kappa shape index (κ1) is 37.5. The number of hydrogen-bond acceptors (Lipinski definition) is 0. The van der Waals surface area contributed by atoms with E-state index in [1.165, 1.54) is 98.7 Å². The van der Waals surface area contributed by atoms with E-state index in [0.717, 1.165) is 12.8 Å². The van der Waals surface area contributed by atoms with Crippen molar-refractivity contribution in [2.45, 2.75) is 24.7 Å². The van der Waals surface area contributed by atoms with E-state index in [2.05, 4.69) is 243 Å². The van der Waals surface area contributed by atoms with Gasteiger partial charge in [0, 0.05) is 11.8 Å². The van der Waals surface area contributed by atoms with E-state index in [4.69, 9.17) is 0 Å². The minimum atomic E-state index is 0.252. The second-order valence-electron chi connectivity index (χ2n) is 16.8. The monoisotopic (exact) mass is 790 g/mol. The fraction of sp³-hybridized carbons (Fsp3) is 0.0645. The lowest BCUT2D eigenvalue weighted by molar-refractivity contribution is 0.806. The zero-order valence-corrected chi connectivity index (χ0v) is 34.7. The van der Waals surface area contributed by atoms with Gasteiger partial charge in [-0.15, -0.1) is 0 Å². The van der Waals surface area contributed by atoms with Crippen molar-refractivity contribution in [3.63, 3.8) is 0 Å². The predicted octanol–water partition coefficient (Wildman–Crippen LogP) is 16.4. The molecule has 294 valence electrons. The van der Waals surface area contributed by atoms with E-state index in [9.17, 15) is 0 Å². The maximum atomic E-state index is 2.38. The molecule has 11 rings (SSSR count). The molecule has 0 heterocycles. The quantitative estimate of drug-likeness (QED) is 0.121. The van der Waals surface area contributed by atoms with Crippen LogP contribution in [0.1, 0.15) is 45.2 Å². The second kappa shape index (κ2) is 16.5. The molecule has 0 saturated carbocycles. The van der Waals surface area contributed by atoms with Gasteiger partial charge in [-0.2, -0.15) is 0 Å². The summed E-state index contributed by atoms with van der Waals surface area (Å²) >= 11 is 0. The van der Waals surface area contributed by atoms with Crippen molar-refractivity contribution in [2.24, 2.45) is 0 Å². The minimum Gasteiger partial charge on any atom is -0.0622 e. The normalized spacial score (nSPS) is 12.5. The van der Waals surface area contributed by atoms with Gasteiger partial charge in [0.05, 0.1) is 0 Å². The smallest absolute Gasteiger partial charge is 0.0130 e. The van der Waals surface area contributed by atoms with Crippen LogP contribution in [-0.4, -0.2) is 0 Å². The SMILES string of the molecule is c1ccc(C(Cc2ccc(-c3c4ccccc4c(-c4ccc(CC(c5ccccc5)c5ccc6ccccc6c5)cc4)c4ccccc34)cc2)c2ccc3ccccc3c2)cc1. The Balaban J connectivity index is 0.940. The molecule has 0 amide bonds. The maximum absolute atomic E-state index is 2.38. The van der Waals surface area contributed by atoms with Crippen LogP contribution in [-0.2, 0) is 12.8 Å². The van der Waals surface area contributed by atoms with Gasteiger partial charge in [-0.3, -0.25) is 0 Å². The molecule has 0 bridgehead atoms. The highest BCUT2D eigenvalue weighted by atomic mass is 14.2. The van der Waals surface area contributed by atoms with Crippen LogP contribution >= 0.6 is 0 Å². The first-order valence-electron chi connectivity index (χ1n) is 21.9. The average molecular weight is 791 g/mol. The van der Waals surface area contributed by atoms with E-state index in [-0.39, 0.29) is 11.8 Å². The molecule has 11 aromatic carbocycles. The first-order chi connectivity index (χ1) is 30.7. The lowest BCUT2D eigenvalue weighted by Gasteiger charge is -2.21. The van der Waals surface area contributed by atoms with E-state index < -0.39 is 0 Å². The summed E-state index contributed by atoms with van der Waals surface area (Å²) in [5.74, 6) is 0.504. The minimum absolute atomic E-state index is 0.252. The largest absolute Gasteiger partial charge is 0.0622 e.